The van der Waals surface area contributed by atoms with E-state index in [4.69, 9.17) is 16.3 Å². The molecule has 0 bridgehead atoms. The van der Waals surface area contributed by atoms with Crippen LogP contribution >= 0.6 is 11.6 Å². The number of benzene rings is 1. The lowest BCUT2D eigenvalue weighted by molar-refractivity contribution is -0.114. The van der Waals surface area contributed by atoms with Gasteiger partial charge in [0.05, 0.1) is 23.4 Å². The van der Waals surface area contributed by atoms with Crippen molar-refractivity contribution in [1.29, 1.82) is 0 Å². The Morgan fingerprint density at radius 1 is 1.33 bits per heavy atom. The molecule has 5 heteroatoms. The summed E-state index contributed by atoms with van der Waals surface area (Å²) in [6, 6.07) is 3.04. The van der Waals surface area contributed by atoms with Gasteiger partial charge in [0.1, 0.15) is 5.75 Å². The minimum absolute atomic E-state index is 0.327. The lowest BCUT2D eigenvalue weighted by atomic mass is 10.1. The first-order valence-corrected chi connectivity index (χ1v) is 4.64. The molecule has 0 aliphatic carbocycles. The molecule has 1 aliphatic rings. The fourth-order valence-corrected chi connectivity index (χ4v) is 1.78. The van der Waals surface area contributed by atoms with Gasteiger partial charge in [-0.25, -0.2) is 0 Å². The number of rotatable bonds is 1. The minimum Gasteiger partial charge on any atom is -0.495 e. The second kappa shape index (κ2) is 3.24. The van der Waals surface area contributed by atoms with Gasteiger partial charge in [0.15, 0.2) is 0 Å². The number of likely N-dealkylation sites (N-methyl/N-ethyl adjacent to an activating group) is 1. The quantitative estimate of drug-likeness (QED) is 0.681. The van der Waals surface area contributed by atoms with Crippen molar-refractivity contribution in [3.8, 4) is 5.75 Å². The van der Waals surface area contributed by atoms with Crippen LogP contribution in [0.5, 0.6) is 5.75 Å². The van der Waals surface area contributed by atoms with Crippen molar-refractivity contribution in [2.75, 3.05) is 19.1 Å². The van der Waals surface area contributed by atoms with Gasteiger partial charge in [-0.05, 0) is 6.07 Å². The summed E-state index contributed by atoms with van der Waals surface area (Å²) < 4.78 is 5.01. The maximum Gasteiger partial charge on any atom is 0.299 e. The predicted octanol–water partition coefficient (Wildman–Crippen LogP) is 1.51. The number of nitrogens with zero attached hydrogens (tertiary/aromatic N) is 1. The summed E-state index contributed by atoms with van der Waals surface area (Å²) in [5.74, 6) is -0.629. The van der Waals surface area contributed by atoms with E-state index in [0.29, 0.717) is 22.0 Å². The van der Waals surface area contributed by atoms with E-state index in [1.165, 1.54) is 18.1 Å². The van der Waals surface area contributed by atoms with E-state index in [2.05, 4.69) is 0 Å². The number of amides is 1. The van der Waals surface area contributed by atoms with E-state index in [1.807, 2.05) is 0 Å². The first kappa shape index (κ1) is 9.98. The molecule has 1 aromatic carbocycles. The van der Waals surface area contributed by atoms with E-state index in [1.54, 1.807) is 13.1 Å². The molecule has 0 spiro atoms. The second-order valence-corrected chi connectivity index (χ2v) is 3.60. The standard InChI is InChI=1S/C10H8ClNO3/c1-12-7-4-8(15-2)6(11)3-5(7)9(13)10(12)14/h3-4H,1-2H3. The van der Waals surface area contributed by atoms with Crippen LogP contribution in [0.4, 0.5) is 5.69 Å². The molecule has 1 heterocycles. The van der Waals surface area contributed by atoms with Crippen molar-refractivity contribution >= 4 is 29.0 Å². The van der Waals surface area contributed by atoms with Crippen molar-refractivity contribution in [2.24, 2.45) is 0 Å². The van der Waals surface area contributed by atoms with E-state index in [9.17, 15) is 9.59 Å². The number of hydrogen-bond donors (Lipinski definition) is 0. The fraction of sp³-hybridized carbons (Fsp3) is 0.200. The molecule has 15 heavy (non-hydrogen) atoms. The number of halogens is 1. The summed E-state index contributed by atoms with van der Waals surface area (Å²) in [7, 11) is 3.02. The Bertz CT molecular complexity index is 470. The highest BCUT2D eigenvalue weighted by Gasteiger charge is 2.34. The third kappa shape index (κ3) is 1.29. The lowest BCUT2D eigenvalue weighted by Crippen LogP contribution is -2.24. The zero-order valence-corrected chi connectivity index (χ0v) is 8.96. The SMILES string of the molecule is COc1cc2c(cc1Cl)C(=O)C(=O)N2C. The number of carbonyl (C=O) groups is 2. The van der Waals surface area contributed by atoms with Crippen LogP contribution in [0.25, 0.3) is 0 Å². The molecule has 0 saturated carbocycles. The molecule has 0 atom stereocenters. The van der Waals surface area contributed by atoms with Crippen LogP contribution < -0.4 is 9.64 Å². The van der Waals surface area contributed by atoms with E-state index in [-0.39, 0.29) is 0 Å². The third-order valence-electron chi connectivity index (χ3n) is 2.37. The molecule has 1 amide bonds. The van der Waals surface area contributed by atoms with Crippen molar-refractivity contribution < 1.29 is 14.3 Å². The molecule has 0 fully saturated rings. The number of ketones is 1. The molecule has 1 aromatic rings. The van der Waals surface area contributed by atoms with Gasteiger partial charge >= 0.3 is 0 Å². The van der Waals surface area contributed by atoms with Crippen molar-refractivity contribution in [3.63, 3.8) is 0 Å². The Kier molecular flexibility index (Phi) is 2.16. The average Bonchev–Trinajstić information content (AvgIpc) is 2.43. The smallest absolute Gasteiger partial charge is 0.299 e. The number of carbonyl (C=O) groups excluding carboxylic acids is 2. The van der Waals surface area contributed by atoms with Gasteiger partial charge in [0.2, 0.25) is 0 Å². The lowest BCUT2D eigenvalue weighted by Gasteiger charge is -2.10. The molecule has 0 unspecified atom stereocenters. The number of hydrogen-bond acceptors (Lipinski definition) is 3. The maximum atomic E-state index is 11.5. The summed E-state index contributed by atoms with van der Waals surface area (Å²) in [6.45, 7) is 0. The molecule has 0 radical (unpaired) electrons. The maximum absolute atomic E-state index is 11.5. The van der Waals surface area contributed by atoms with Gasteiger partial charge in [0, 0.05) is 13.1 Å². The van der Waals surface area contributed by atoms with Crippen LogP contribution in [0.3, 0.4) is 0 Å². The molecule has 0 saturated heterocycles. The van der Waals surface area contributed by atoms with Gasteiger partial charge in [0.25, 0.3) is 11.7 Å². The number of anilines is 1. The minimum atomic E-state index is -0.547. The predicted molar refractivity (Wildman–Crippen MR) is 55.7 cm³/mol. The summed E-state index contributed by atoms with van der Waals surface area (Å²) in [4.78, 5) is 24.1. The van der Waals surface area contributed by atoms with Crippen LogP contribution in [0.2, 0.25) is 5.02 Å². The third-order valence-corrected chi connectivity index (χ3v) is 2.67. The van der Waals surface area contributed by atoms with Gasteiger partial charge in [-0.2, -0.15) is 0 Å². The molecule has 2 rings (SSSR count). The van der Waals surface area contributed by atoms with Crippen LogP contribution in [0, 0.1) is 0 Å². The van der Waals surface area contributed by atoms with Crippen molar-refractivity contribution in [2.45, 2.75) is 0 Å². The van der Waals surface area contributed by atoms with Gasteiger partial charge in [-0.1, -0.05) is 11.6 Å². The second-order valence-electron chi connectivity index (χ2n) is 3.20. The summed E-state index contributed by atoms with van der Waals surface area (Å²) in [5.41, 5.74) is 0.861. The average molecular weight is 226 g/mol. The molecule has 1 aliphatic heterocycles. The number of methoxy groups -OCH3 is 1. The molecule has 4 nitrogen and oxygen atoms in total. The highest BCUT2D eigenvalue weighted by molar-refractivity contribution is 6.52. The van der Waals surface area contributed by atoms with Gasteiger partial charge in [-0.3, -0.25) is 9.59 Å². The van der Waals surface area contributed by atoms with Crippen molar-refractivity contribution in [1.82, 2.24) is 0 Å². The first-order chi connectivity index (χ1) is 7.06. The Balaban J connectivity index is 2.65. The van der Waals surface area contributed by atoms with Crippen LogP contribution in [-0.4, -0.2) is 25.8 Å². The highest BCUT2D eigenvalue weighted by Crippen LogP contribution is 2.36. The Labute approximate surface area is 91.4 Å². The number of ether oxygens (including phenoxy) is 1. The monoisotopic (exact) mass is 225 g/mol. The Morgan fingerprint density at radius 3 is 2.60 bits per heavy atom. The van der Waals surface area contributed by atoms with Crippen LogP contribution in [0.1, 0.15) is 10.4 Å². The van der Waals surface area contributed by atoms with Crippen LogP contribution in [0.15, 0.2) is 12.1 Å². The topological polar surface area (TPSA) is 46.6 Å². The van der Waals surface area contributed by atoms with E-state index in [0.717, 1.165) is 0 Å². The number of fused-ring (bicyclic) bond motifs is 1. The Morgan fingerprint density at radius 2 is 2.00 bits per heavy atom. The van der Waals surface area contributed by atoms with Crippen LogP contribution in [-0.2, 0) is 4.79 Å². The zero-order chi connectivity index (χ0) is 11.2. The molecular formula is C10H8ClNO3. The first-order valence-electron chi connectivity index (χ1n) is 4.26. The van der Waals surface area contributed by atoms with E-state index >= 15 is 0 Å². The summed E-state index contributed by atoms with van der Waals surface area (Å²) >= 11 is 5.86. The Hall–Kier alpha value is -1.55. The van der Waals surface area contributed by atoms with Gasteiger partial charge < -0.3 is 9.64 Å². The largest absolute Gasteiger partial charge is 0.495 e. The number of Topliss-reactive ketones (excluding diaryl/α,β-unsaturated/α-hetero) is 1. The molecular weight excluding hydrogens is 218 g/mol. The fourth-order valence-electron chi connectivity index (χ4n) is 1.54. The van der Waals surface area contributed by atoms with Gasteiger partial charge in [-0.15, -0.1) is 0 Å². The normalized spacial score (nSPS) is 14.5. The highest BCUT2D eigenvalue weighted by atomic mass is 35.5. The summed E-state index contributed by atoms with van der Waals surface area (Å²) in [6.07, 6.45) is 0. The molecule has 0 N–H and O–H groups in total. The summed E-state index contributed by atoms with van der Waals surface area (Å²) in [5, 5.41) is 0.327. The van der Waals surface area contributed by atoms with E-state index < -0.39 is 11.7 Å². The molecule has 78 valence electrons. The van der Waals surface area contributed by atoms with Crippen molar-refractivity contribution in [3.05, 3.63) is 22.7 Å². The molecule has 0 aromatic heterocycles. The zero-order valence-electron chi connectivity index (χ0n) is 8.20.